The number of hydrogen-bond donors (Lipinski definition) is 3. The molecule has 2 aromatic carbocycles. The third kappa shape index (κ3) is 5.25. The number of aliphatic hydroxyl groups is 1. The number of ether oxygens (including phenoxy) is 2. The number of rotatable bonds is 7. The van der Waals surface area contributed by atoms with Gasteiger partial charge in [-0.3, -0.25) is 14.6 Å². The van der Waals surface area contributed by atoms with Gasteiger partial charge in [-0.2, -0.15) is 13.2 Å². The molecule has 0 saturated heterocycles. The zero-order valence-corrected chi connectivity index (χ0v) is 24.1. The Morgan fingerprint density at radius 3 is 2.51 bits per heavy atom. The van der Waals surface area contributed by atoms with Crippen LogP contribution in [0.5, 0.6) is 11.5 Å². The van der Waals surface area contributed by atoms with E-state index in [1.54, 1.807) is 6.07 Å². The molecule has 0 bridgehead atoms. The van der Waals surface area contributed by atoms with Gasteiger partial charge in [-0.05, 0) is 71.4 Å². The summed E-state index contributed by atoms with van der Waals surface area (Å²) < 4.78 is 69.2. The Kier molecular flexibility index (Phi) is 7.55. The number of amides is 2. The van der Waals surface area contributed by atoms with Crippen molar-refractivity contribution >= 4 is 38.6 Å². The van der Waals surface area contributed by atoms with E-state index in [1.807, 2.05) is 0 Å². The number of fused-ring (bicyclic) bond motifs is 2. The minimum absolute atomic E-state index is 0.0340. The van der Waals surface area contributed by atoms with Crippen molar-refractivity contribution in [3.8, 4) is 22.8 Å². The summed E-state index contributed by atoms with van der Waals surface area (Å²) in [4.78, 5) is 33.8. The highest BCUT2D eigenvalue weighted by molar-refractivity contribution is 9.10. The van der Waals surface area contributed by atoms with Gasteiger partial charge >= 0.3 is 6.18 Å². The van der Waals surface area contributed by atoms with Crippen LogP contribution in [0.1, 0.15) is 28.5 Å². The van der Waals surface area contributed by atoms with Gasteiger partial charge in [-0.25, -0.2) is 9.37 Å². The van der Waals surface area contributed by atoms with Gasteiger partial charge < -0.3 is 25.6 Å². The molecule has 0 fully saturated rings. The van der Waals surface area contributed by atoms with Crippen LogP contribution >= 0.6 is 15.9 Å². The summed E-state index contributed by atoms with van der Waals surface area (Å²) in [5.74, 6) is -2.27. The molecule has 5 rings (SSSR count). The normalized spacial score (nSPS) is 17.6. The first-order valence-electron chi connectivity index (χ1n) is 12.6. The fourth-order valence-corrected chi connectivity index (χ4v) is 5.07. The topological polar surface area (TPSA) is 137 Å². The number of nitrogens with one attached hydrogen (secondary N) is 1. The Bertz CT molecular complexity index is 1770. The number of primary amides is 1. The number of alkyl halides is 3. The summed E-state index contributed by atoms with van der Waals surface area (Å²) in [6, 6.07) is 9.92. The maximum Gasteiger partial charge on any atom is 0.424 e. The van der Waals surface area contributed by atoms with Gasteiger partial charge in [0.05, 0.1) is 19.3 Å². The molecule has 14 heteroatoms. The highest BCUT2D eigenvalue weighted by atomic mass is 79.9. The maximum absolute atomic E-state index is 14.7. The molecule has 1 aliphatic rings. The lowest BCUT2D eigenvalue weighted by Gasteiger charge is -2.31. The van der Waals surface area contributed by atoms with Crippen LogP contribution in [-0.2, 0) is 15.8 Å². The van der Waals surface area contributed by atoms with Crippen molar-refractivity contribution < 1.29 is 41.7 Å². The van der Waals surface area contributed by atoms with Crippen LogP contribution in [0, 0.1) is 5.82 Å². The number of halogens is 5. The molecule has 9 nitrogen and oxygen atoms in total. The number of nitrogens with zero attached hydrogens (tertiary/aromatic N) is 2. The first-order chi connectivity index (χ1) is 20.2. The average Bonchev–Trinajstić information content (AvgIpc) is 3.32. The average molecular weight is 663 g/mol. The lowest BCUT2D eigenvalue weighted by molar-refractivity contribution is -0.265. The molecule has 2 atom stereocenters. The Morgan fingerprint density at radius 2 is 1.88 bits per heavy atom. The van der Waals surface area contributed by atoms with E-state index in [1.165, 1.54) is 44.5 Å². The highest BCUT2D eigenvalue weighted by Gasteiger charge is 2.57. The van der Waals surface area contributed by atoms with Crippen molar-refractivity contribution in [2.24, 2.45) is 5.73 Å². The van der Waals surface area contributed by atoms with Crippen LogP contribution < -0.4 is 20.5 Å². The van der Waals surface area contributed by atoms with E-state index < -0.39 is 47.1 Å². The third-order valence-corrected chi connectivity index (χ3v) is 7.76. The molecule has 4 aromatic rings. The Labute approximate surface area is 250 Å². The van der Waals surface area contributed by atoms with Crippen molar-refractivity contribution in [3.63, 3.8) is 0 Å². The summed E-state index contributed by atoms with van der Waals surface area (Å²) >= 11 is 3.28. The van der Waals surface area contributed by atoms with E-state index in [2.05, 4.69) is 31.2 Å². The molecule has 0 spiro atoms. The minimum Gasteiger partial charge on any atom is -0.494 e. The molecule has 1 aliphatic heterocycles. The predicted molar refractivity (Wildman–Crippen MR) is 150 cm³/mol. The van der Waals surface area contributed by atoms with E-state index in [9.17, 15) is 32.3 Å². The number of aromatic nitrogens is 2. The fourth-order valence-electron chi connectivity index (χ4n) is 4.73. The molecule has 0 saturated carbocycles. The van der Waals surface area contributed by atoms with Gasteiger partial charge in [-0.1, -0.05) is 0 Å². The third-order valence-electron chi connectivity index (χ3n) is 7.33. The van der Waals surface area contributed by atoms with Gasteiger partial charge in [0.2, 0.25) is 11.5 Å². The monoisotopic (exact) mass is 662 g/mol. The molecule has 4 N–H and O–H groups in total. The molecule has 224 valence electrons. The summed E-state index contributed by atoms with van der Waals surface area (Å²) in [6.45, 7) is -0.268. The second kappa shape index (κ2) is 10.8. The lowest BCUT2D eigenvalue weighted by atomic mass is 9.81. The Balaban J connectivity index is 1.59. The number of carbonyl (C=O) groups excluding carboxylic acids is 2. The van der Waals surface area contributed by atoms with Gasteiger partial charge in [-0.15, -0.1) is 0 Å². The van der Waals surface area contributed by atoms with Crippen molar-refractivity contribution in [1.29, 1.82) is 0 Å². The molecule has 0 aliphatic carbocycles. The van der Waals surface area contributed by atoms with Gasteiger partial charge in [0.1, 0.15) is 40.5 Å². The largest absolute Gasteiger partial charge is 0.494 e. The zero-order valence-electron chi connectivity index (χ0n) is 22.6. The van der Waals surface area contributed by atoms with E-state index in [0.717, 1.165) is 18.2 Å². The molecule has 43 heavy (non-hydrogen) atoms. The first kappa shape index (κ1) is 30.2. The van der Waals surface area contributed by atoms with Crippen LogP contribution in [-0.4, -0.2) is 53.3 Å². The van der Waals surface area contributed by atoms with Crippen molar-refractivity contribution in [1.82, 2.24) is 15.3 Å². The van der Waals surface area contributed by atoms with Gasteiger partial charge in [0.15, 0.2) is 0 Å². The summed E-state index contributed by atoms with van der Waals surface area (Å²) in [5.41, 5.74) is -0.350. The zero-order chi connectivity index (χ0) is 31.3. The predicted octanol–water partition coefficient (Wildman–Crippen LogP) is 4.52. The summed E-state index contributed by atoms with van der Waals surface area (Å²) in [7, 11) is 1.35. The Morgan fingerprint density at radius 1 is 1.19 bits per heavy atom. The molecular formula is C29H23BrF4N4O5. The van der Waals surface area contributed by atoms with E-state index in [-0.39, 0.29) is 40.5 Å². The molecule has 2 aromatic heterocycles. The quantitative estimate of drug-likeness (QED) is 0.248. The highest BCUT2D eigenvalue weighted by Crippen LogP contribution is 2.47. The Hall–Kier alpha value is -4.30. The van der Waals surface area contributed by atoms with Gasteiger partial charge in [0.25, 0.3) is 5.91 Å². The number of benzene rings is 2. The van der Waals surface area contributed by atoms with Crippen LogP contribution in [0.15, 0.2) is 59.2 Å². The SMILES string of the molecule is COc1cc(C(=O)NC[C@](O)(c2cc3c(c(-c4ccc(F)cc4)n2)OC[C@]3(C)C(N)=O)C(F)(F)F)cc2cc(Br)cnc12. The fraction of sp³-hybridized carbons (Fsp3) is 0.241. The second-order valence-electron chi connectivity index (χ2n) is 10.2. The number of carbonyl (C=O) groups is 2. The van der Waals surface area contributed by atoms with Crippen LogP contribution in [0.2, 0.25) is 0 Å². The van der Waals surface area contributed by atoms with E-state index >= 15 is 0 Å². The van der Waals surface area contributed by atoms with Crippen molar-refractivity contribution in [3.05, 3.63) is 81.8 Å². The van der Waals surface area contributed by atoms with Crippen LogP contribution in [0.4, 0.5) is 17.6 Å². The molecule has 2 amide bonds. The standard InChI is InChI=1S/C29H23BrF4N4O5/c1-27(26(35)40)13-43-24-19(27)10-21(38-23(24)14-3-5-18(31)6-4-14)28(41,29(32,33)34)12-37-25(39)16-7-15-8-17(30)11-36-22(15)20(9-16)42-2/h3-11,41H,12-13H2,1-2H3,(H2,35,40)(H,37,39)/t27-,28-/m0/s1. The van der Waals surface area contributed by atoms with Gasteiger partial charge in [0, 0.05) is 32.7 Å². The molecule has 0 radical (unpaired) electrons. The minimum atomic E-state index is -5.36. The number of nitrogens with two attached hydrogens (primary N) is 1. The van der Waals surface area contributed by atoms with E-state index in [4.69, 9.17) is 15.2 Å². The lowest BCUT2D eigenvalue weighted by Crippen LogP contribution is -2.51. The number of pyridine rings is 2. The van der Waals surface area contributed by atoms with Crippen LogP contribution in [0.25, 0.3) is 22.2 Å². The number of methoxy groups -OCH3 is 1. The number of hydrogen-bond acceptors (Lipinski definition) is 7. The van der Waals surface area contributed by atoms with Crippen molar-refractivity contribution in [2.75, 3.05) is 20.3 Å². The summed E-state index contributed by atoms with van der Waals surface area (Å²) in [5, 5.41) is 13.8. The van der Waals surface area contributed by atoms with E-state index in [0.29, 0.717) is 15.4 Å². The van der Waals surface area contributed by atoms with Crippen LogP contribution in [0.3, 0.4) is 0 Å². The molecule has 0 unspecified atom stereocenters. The molecule has 3 heterocycles. The summed E-state index contributed by atoms with van der Waals surface area (Å²) in [6.07, 6.45) is -3.84. The second-order valence-corrected chi connectivity index (χ2v) is 11.1. The molecular weight excluding hydrogens is 640 g/mol. The maximum atomic E-state index is 14.7. The first-order valence-corrected chi connectivity index (χ1v) is 13.4. The smallest absolute Gasteiger partial charge is 0.424 e. The van der Waals surface area contributed by atoms with Crippen molar-refractivity contribution in [2.45, 2.75) is 24.1 Å².